The van der Waals surface area contributed by atoms with Gasteiger partial charge in [0.1, 0.15) is 0 Å². The minimum Gasteiger partial charge on any atom is -0.293 e. The Bertz CT molecular complexity index is 776. The first-order chi connectivity index (χ1) is 9.33. The molecule has 0 bridgehead atoms. The predicted molar refractivity (Wildman–Crippen MR) is 86.1 cm³/mol. The van der Waals surface area contributed by atoms with Gasteiger partial charge in [-0.1, -0.05) is 41.7 Å². The molecule has 0 spiro atoms. The predicted octanol–water partition coefficient (Wildman–Crippen LogP) is 4.16. The summed E-state index contributed by atoms with van der Waals surface area (Å²) in [5.74, 6) is 0.276. The van der Waals surface area contributed by atoms with Crippen molar-refractivity contribution in [2.45, 2.75) is 19.3 Å². The standard InChI is InChI=1S/C15H12N2OS.BrH/c18-13-8-4-7-12-14(13)19-15-16-11(9-17(12)15)10-5-2-1-3-6-10;/h1-3,5-6,9H,4,7-8H2;1H. The Morgan fingerprint density at radius 2 is 1.95 bits per heavy atom. The maximum Gasteiger partial charge on any atom is 0.195 e. The van der Waals surface area contributed by atoms with Crippen LogP contribution < -0.4 is 0 Å². The second-order valence-corrected chi connectivity index (χ2v) is 5.78. The van der Waals surface area contributed by atoms with Crippen molar-refractivity contribution in [3.63, 3.8) is 0 Å². The van der Waals surface area contributed by atoms with Gasteiger partial charge in [-0.2, -0.15) is 0 Å². The number of aryl methyl sites for hydroxylation is 1. The topological polar surface area (TPSA) is 34.4 Å². The summed E-state index contributed by atoms with van der Waals surface area (Å²) in [4.78, 5) is 18.4. The molecule has 0 N–H and O–H groups in total. The Balaban J connectivity index is 0.00000121. The van der Waals surface area contributed by atoms with E-state index >= 15 is 0 Å². The number of carbonyl (C=O) groups excluding carboxylic acids is 1. The zero-order valence-corrected chi connectivity index (χ0v) is 13.2. The molecule has 20 heavy (non-hydrogen) atoms. The van der Waals surface area contributed by atoms with Gasteiger partial charge >= 0.3 is 0 Å². The third-order valence-electron chi connectivity index (χ3n) is 3.56. The van der Waals surface area contributed by atoms with Crippen LogP contribution in [0.2, 0.25) is 0 Å². The van der Waals surface area contributed by atoms with Gasteiger partial charge < -0.3 is 0 Å². The highest BCUT2D eigenvalue weighted by Gasteiger charge is 2.23. The molecule has 3 nitrogen and oxygen atoms in total. The molecule has 0 saturated carbocycles. The van der Waals surface area contributed by atoms with Crippen LogP contribution in [0.4, 0.5) is 0 Å². The minimum absolute atomic E-state index is 0. The molecule has 0 unspecified atom stereocenters. The number of halogens is 1. The van der Waals surface area contributed by atoms with E-state index in [-0.39, 0.29) is 22.8 Å². The van der Waals surface area contributed by atoms with Gasteiger partial charge in [0.15, 0.2) is 10.7 Å². The van der Waals surface area contributed by atoms with Crippen molar-refractivity contribution in [1.82, 2.24) is 9.38 Å². The third kappa shape index (κ3) is 2.01. The second kappa shape index (κ2) is 5.14. The number of ketones is 1. The highest BCUT2D eigenvalue weighted by molar-refractivity contribution is 8.93. The number of imidazole rings is 1. The minimum atomic E-state index is 0. The van der Waals surface area contributed by atoms with Crippen molar-refractivity contribution < 1.29 is 4.79 Å². The Labute approximate surface area is 131 Å². The molecule has 3 aromatic rings. The maximum absolute atomic E-state index is 11.9. The monoisotopic (exact) mass is 348 g/mol. The van der Waals surface area contributed by atoms with E-state index in [0.29, 0.717) is 6.42 Å². The van der Waals surface area contributed by atoms with Crippen LogP contribution in [0.3, 0.4) is 0 Å². The van der Waals surface area contributed by atoms with Crippen LogP contribution in [0, 0.1) is 0 Å². The molecule has 4 rings (SSSR count). The molecule has 5 heteroatoms. The Morgan fingerprint density at radius 1 is 1.15 bits per heavy atom. The van der Waals surface area contributed by atoms with Crippen LogP contribution in [-0.2, 0) is 6.42 Å². The fraction of sp³-hybridized carbons (Fsp3) is 0.200. The molecule has 102 valence electrons. The van der Waals surface area contributed by atoms with Gasteiger partial charge in [-0.05, 0) is 12.8 Å². The molecule has 0 aliphatic heterocycles. The van der Waals surface area contributed by atoms with E-state index in [2.05, 4.69) is 27.7 Å². The highest BCUT2D eigenvalue weighted by Crippen LogP contribution is 2.31. The second-order valence-electron chi connectivity index (χ2n) is 4.80. The number of benzene rings is 1. The molecule has 0 amide bonds. The normalized spacial score (nSPS) is 14.1. The SMILES string of the molecule is Br.O=C1CCCc2c1sc1nc(-c3ccccc3)cn21. The number of Topliss-reactive ketones (excluding diaryl/α,β-unsaturated/α-hetero) is 1. The molecule has 0 radical (unpaired) electrons. The number of hydrogen-bond acceptors (Lipinski definition) is 3. The Hall–Kier alpha value is -1.46. The first kappa shape index (κ1) is 13.5. The summed E-state index contributed by atoms with van der Waals surface area (Å²) < 4.78 is 2.10. The van der Waals surface area contributed by atoms with Gasteiger partial charge in [0.2, 0.25) is 0 Å². The van der Waals surface area contributed by atoms with Gasteiger partial charge in [-0.25, -0.2) is 4.98 Å². The van der Waals surface area contributed by atoms with E-state index < -0.39 is 0 Å². The van der Waals surface area contributed by atoms with Crippen LogP contribution >= 0.6 is 28.3 Å². The largest absolute Gasteiger partial charge is 0.293 e. The van der Waals surface area contributed by atoms with Crippen LogP contribution in [-0.4, -0.2) is 15.2 Å². The summed E-state index contributed by atoms with van der Waals surface area (Å²) in [6, 6.07) is 10.2. The summed E-state index contributed by atoms with van der Waals surface area (Å²) >= 11 is 1.53. The molecule has 2 heterocycles. The average molecular weight is 349 g/mol. The van der Waals surface area contributed by atoms with E-state index in [1.807, 2.05) is 18.2 Å². The number of fused-ring (bicyclic) bond motifs is 3. The number of carbonyl (C=O) groups is 1. The fourth-order valence-corrected chi connectivity index (χ4v) is 3.74. The number of nitrogens with zero attached hydrogens (tertiary/aromatic N) is 2. The zero-order valence-electron chi connectivity index (χ0n) is 10.7. The van der Waals surface area contributed by atoms with Crippen LogP contribution in [0.15, 0.2) is 36.5 Å². The first-order valence-electron chi connectivity index (χ1n) is 6.42. The van der Waals surface area contributed by atoms with Crippen molar-refractivity contribution in [2.24, 2.45) is 0 Å². The van der Waals surface area contributed by atoms with E-state index in [4.69, 9.17) is 0 Å². The Morgan fingerprint density at radius 3 is 2.75 bits per heavy atom. The van der Waals surface area contributed by atoms with Gasteiger partial charge in [-0.15, -0.1) is 17.0 Å². The average Bonchev–Trinajstić information content (AvgIpc) is 2.99. The van der Waals surface area contributed by atoms with E-state index in [1.54, 1.807) is 0 Å². The quantitative estimate of drug-likeness (QED) is 0.661. The Kier molecular flexibility index (Phi) is 3.48. The van der Waals surface area contributed by atoms with Gasteiger partial charge in [0, 0.05) is 23.9 Å². The van der Waals surface area contributed by atoms with Crippen molar-refractivity contribution in [2.75, 3.05) is 0 Å². The fourth-order valence-electron chi connectivity index (χ4n) is 2.62. The molecule has 1 aromatic carbocycles. The molecular formula is C15H13BrN2OS. The molecule has 1 aliphatic carbocycles. The lowest BCUT2D eigenvalue weighted by molar-refractivity contribution is 0.0976. The number of hydrogen-bond donors (Lipinski definition) is 0. The van der Waals surface area contributed by atoms with Crippen molar-refractivity contribution in [1.29, 1.82) is 0 Å². The van der Waals surface area contributed by atoms with Crippen LogP contribution in [0.25, 0.3) is 16.2 Å². The lowest BCUT2D eigenvalue weighted by atomic mass is 10.0. The smallest absolute Gasteiger partial charge is 0.195 e. The lowest BCUT2D eigenvalue weighted by Crippen LogP contribution is -2.09. The summed E-state index contributed by atoms with van der Waals surface area (Å²) in [7, 11) is 0. The van der Waals surface area contributed by atoms with E-state index in [1.165, 1.54) is 11.3 Å². The van der Waals surface area contributed by atoms with Crippen molar-refractivity contribution >= 4 is 39.1 Å². The summed E-state index contributed by atoms with van der Waals surface area (Å²) in [6.07, 6.45) is 4.67. The molecule has 1 aliphatic rings. The van der Waals surface area contributed by atoms with Gasteiger partial charge in [-0.3, -0.25) is 9.20 Å². The number of thiazole rings is 1. The van der Waals surface area contributed by atoms with Crippen LogP contribution in [0.1, 0.15) is 28.2 Å². The van der Waals surface area contributed by atoms with E-state index in [0.717, 1.165) is 39.6 Å². The van der Waals surface area contributed by atoms with Crippen molar-refractivity contribution in [3.8, 4) is 11.3 Å². The number of aromatic nitrogens is 2. The molecular weight excluding hydrogens is 336 g/mol. The highest BCUT2D eigenvalue weighted by atomic mass is 79.9. The van der Waals surface area contributed by atoms with Crippen LogP contribution in [0.5, 0.6) is 0 Å². The van der Waals surface area contributed by atoms with E-state index in [9.17, 15) is 4.79 Å². The summed E-state index contributed by atoms with van der Waals surface area (Å²) in [5, 5.41) is 0. The third-order valence-corrected chi connectivity index (χ3v) is 4.70. The van der Waals surface area contributed by atoms with Gasteiger partial charge in [0.05, 0.1) is 10.6 Å². The molecule has 0 saturated heterocycles. The zero-order chi connectivity index (χ0) is 12.8. The molecule has 2 aromatic heterocycles. The summed E-state index contributed by atoms with van der Waals surface area (Å²) in [6.45, 7) is 0. The lowest BCUT2D eigenvalue weighted by Gasteiger charge is -2.08. The molecule has 0 fully saturated rings. The van der Waals surface area contributed by atoms with Crippen molar-refractivity contribution in [3.05, 3.63) is 47.1 Å². The number of rotatable bonds is 1. The summed E-state index contributed by atoms with van der Waals surface area (Å²) in [5.41, 5.74) is 3.24. The maximum atomic E-state index is 11.9. The molecule has 0 atom stereocenters. The first-order valence-corrected chi connectivity index (χ1v) is 7.24. The van der Waals surface area contributed by atoms with Gasteiger partial charge in [0.25, 0.3) is 0 Å².